The standard InChI is InChI=1S/C47H31N3S/c1-3-13-32(14-4-1)33-23-28-37(29-24-33)46-48-45(36-16-5-2-6-17-36)49-47(50-46)38-30-27-35-26-25-34-15-7-8-18-39(34)40-19-9-11-21-43(40)51-44-22-12-10-20-41(44)42(35)31-38/h1-31H. The summed E-state index contributed by atoms with van der Waals surface area (Å²) in [6.45, 7) is 0. The fraction of sp³-hybridized carbons (Fsp3) is 0. The molecule has 9 rings (SSSR count). The zero-order chi connectivity index (χ0) is 34.0. The van der Waals surface area contributed by atoms with Crippen LogP contribution in [0.3, 0.4) is 0 Å². The van der Waals surface area contributed by atoms with Crippen molar-refractivity contribution in [3.05, 3.63) is 187 Å². The van der Waals surface area contributed by atoms with Crippen LogP contribution in [0.2, 0.25) is 0 Å². The predicted molar refractivity (Wildman–Crippen MR) is 212 cm³/mol. The Bertz CT molecular complexity index is 2540. The summed E-state index contributed by atoms with van der Waals surface area (Å²) >= 11 is 1.81. The first-order valence-electron chi connectivity index (χ1n) is 17.0. The predicted octanol–water partition coefficient (Wildman–Crippen LogP) is 12.5. The molecule has 0 radical (unpaired) electrons. The second-order valence-electron chi connectivity index (χ2n) is 12.4. The molecule has 7 aromatic carbocycles. The molecule has 240 valence electrons. The Kier molecular flexibility index (Phi) is 8.13. The lowest BCUT2D eigenvalue weighted by Gasteiger charge is -2.15. The summed E-state index contributed by atoms with van der Waals surface area (Å²) in [7, 11) is 0. The van der Waals surface area contributed by atoms with Crippen molar-refractivity contribution in [3.63, 3.8) is 0 Å². The molecule has 1 aromatic heterocycles. The average Bonchev–Trinajstić information content (AvgIpc) is 3.23. The highest BCUT2D eigenvalue weighted by Crippen LogP contribution is 2.44. The van der Waals surface area contributed by atoms with Gasteiger partial charge in [-0.2, -0.15) is 0 Å². The van der Waals surface area contributed by atoms with Gasteiger partial charge < -0.3 is 0 Å². The Morgan fingerprint density at radius 3 is 1.35 bits per heavy atom. The van der Waals surface area contributed by atoms with Crippen molar-refractivity contribution >= 4 is 23.9 Å². The van der Waals surface area contributed by atoms with E-state index < -0.39 is 0 Å². The molecule has 0 fully saturated rings. The van der Waals surface area contributed by atoms with Crippen LogP contribution in [0.15, 0.2) is 186 Å². The van der Waals surface area contributed by atoms with Gasteiger partial charge in [0.25, 0.3) is 0 Å². The normalized spacial score (nSPS) is 11.8. The lowest BCUT2D eigenvalue weighted by molar-refractivity contribution is 1.07. The summed E-state index contributed by atoms with van der Waals surface area (Å²) in [4.78, 5) is 17.6. The number of aromatic nitrogens is 3. The molecule has 0 saturated carbocycles. The molecule has 8 aromatic rings. The van der Waals surface area contributed by atoms with Crippen LogP contribution in [0.25, 0.3) is 79.7 Å². The number of rotatable bonds is 4. The van der Waals surface area contributed by atoms with Crippen LogP contribution in [0.5, 0.6) is 0 Å². The Hall–Kier alpha value is -6.36. The van der Waals surface area contributed by atoms with Gasteiger partial charge in [-0.1, -0.05) is 182 Å². The van der Waals surface area contributed by atoms with E-state index in [1.807, 2.05) is 48.2 Å². The maximum atomic E-state index is 5.11. The minimum absolute atomic E-state index is 0.632. The molecule has 0 bridgehead atoms. The molecular weight excluding hydrogens is 639 g/mol. The topological polar surface area (TPSA) is 38.7 Å². The van der Waals surface area contributed by atoms with Crippen molar-refractivity contribution in [1.82, 2.24) is 15.0 Å². The number of benzene rings is 7. The first-order chi connectivity index (χ1) is 25.3. The van der Waals surface area contributed by atoms with Crippen LogP contribution in [0, 0.1) is 0 Å². The number of nitrogens with zero attached hydrogens (tertiary/aromatic N) is 3. The van der Waals surface area contributed by atoms with Crippen molar-refractivity contribution in [2.75, 3.05) is 0 Å². The van der Waals surface area contributed by atoms with Crippen LogP contribution in [-0.2, 0) is 0 Å². The van der Waals surface area contributed by atoms with E-state index in [1.165, 1.54) is 37.6 Å². The van der Waals surface area contributed by atoms with Gasteiger partial charge in [0.05, 0.1) is 0 Å². The summed E-state index contributed by atoms with van der Waals surface area (Å²) in [6, 6.07) is 61.5. The molecule has 0 spiro atoms. The van der Waals surface area contributed by atoms with E-state index in [4.69, 9.17) is 15.0 Å². The van der Waals surface area contributed by atoms with Crippen LogP contribution in [-0.4, -0.2) is 15.0 Å². The van der Waals surface area contributed by atoms with Gasteiger partial charge in [-0.15, -0.1) is 0 Å². The molecule has 0 aliphatic carbocycles. The summed E-state index contributed by atoms with van der Waals surface area (Å²) in [6.07, 6.45) is 4.47. The highest BCUT2D eigenvalue weighted by Gasteiger charge is 2.18. The molecule has 0 unspecified atom stereocenters. The summed E-state index contributed by atoms with van der Waals surface area (Å²) in [5, 5.41) is 0. The van der Waals surface area contributed by atoms with Gasteiger partial charge in [-0.3, -0.25) is 0 Å². The molecule has 4 heteroatoms. The minimum Gasteiger partial charge on any atom is -0.208 e. The monoisotopic (exact) mass is 669 g/mol. The third-order valence-corrected chi connectivity index (χ3v) is 10.4. The van der Waals surface area contributed by atoms with Gasteiger partial charge in [0.2, 0.25) is 0 Å². The molecule has 1 aliphatic rings. The fourth-order valence-corrected chi connectivity index (χ4v) is 7.71. The van der Waals surface area contributed by atoms with Crippen LogP contribution in [0.4, 0.5) is 0 Å². The second kappa shape index (κ2) is 13.5. The van der Waals surface area contributed by atoms with Gasteiger partial charge in [0.15, 0.2) is 17.5 Å². The first kappa shape index (κ1) is 30.7. The first-order valence-corrected chi connectivity index (χ1v) is 17.8. The Morgan fingerprint density at radius 1 is 0.294 bits per heavy atom. The number of hydrogen-bond donors (Lipinski definition) is 0. The van der Waals surface area contributed by atoms with Crippen molar-refractivity contribution in [1.29, 1.82) is 0 Å². The van der Waals surface area contributed by atoms with E-state index in [9.17, 15) is 0 Å². The third-order valence-electron chi connectivity index (χ3n) is 9.21. The zero-order valence-corrected chi connectivity index (χ0v) is 28.5. The lowest BCUT2D eigenvalue weighted by atomic mass is 9.95. The quantitative estimate of drug-likeness (QED) is 0.187. The molecule has 0 saturated heterocycles. The molecule has 1 aliphatic heterocycles. The Balaban J connectivity index is 1.21. The van der Waals surface area contributed by atoms with E-state index >= 15 is 0 Å². The van der Waals surface area contributed by atoms with E-state index in [0.717, 1.165) is 33.4 Å². The largest absolute Gasteiger partial charge is 0.208 e. The van der Waals surface area contributed by atoms with Gasteiger partial charge in [0.1, 0.15) is 0 Å². The average molecular weight is 670 g/mol. The third kappa shape index (κ3) is 6.18. The van der Waals surface area contributed by atoms with Crippen LogP contribution < -0.4 is 0 Å². The van der Waals surface area contributed by atoms with E-state index in [0.29, 0.717) is 17.5 Å². The zero-order valence-electron chi connectivity index (χ0n) is 27.6. The van der Waals surface area contributed by atoms with Crippen LogP contribution >= 0.6 is 11.8 Å². The van der Waals surface area contributed by atoms with Crippen LogP contribution in [0.1, 0.15) is 11.1 Å². The molecule has 0 atom stereocenters. The maximum Gasteiger partial charge on any atom is 0.164 e. The lowest BCUT2D eigenvalue weighted by Crippen LogP contribution is -2.00. The summed E-state index contributed by atoms with van der Waals surface area (Å²) < 4.78 is 0. The summed E-state index contributed by atoms with van der Waals surface area (Å²) in [5.74, 6) is 1.91. The Morgan fingerprint density at radius 2 is 0.706 bits per heavy atom. The molecule has 3 nitrogen and oxygen atoms in total. The summed E-state index contributed by atoms with van der Waals surface area (Å²) in [5.41, 5.74) is 12.2. The molecule has 0 amide bonds. The molecular formula is C47H31N3S. The molecule has 0 N–H and O–H groups in total. The van der Waals surface area contributed by atoms with Crippen molar-refractivity contribution in [2.45, 2.75) is 9.79 Å². The molecule has 2 heterocycles. The van der Waals surface area contributed by atoms with E-state index in [-0.39, 0.29) is 0 Å². The van der Waals surface area contributed by atoms with E-state index in [1.54, 1.807) is 0 Å². The highest BCUT2D eigenvalue weighted by atomic mass is 32.2. The number of fused-ring (bicyclic) bond motifs is 6. The van der Waals surface area contributed by atoms with E-state index in [2.05, 4.69) is 152 Å². The van der Waals surface area contributed by atoms with Crippen molar-refractivity contribution in [3.8, 4) is 67.5 Å². The highest BCUT2D eigenvalue weighted by molar-refractivity contribution is 7.99. The van der Waals surface area contributed by atoms with Gasteiger partial charge in [0, 0.05) is 26.5 Å². The van der Waals surface area contributed by atoms with Gasteiger partial charge in [-0.05, 0) is 62.7 Å². The smallest absolute Gasteiger partial charge is 0.164 e. The van der Waals surface area contributed by atoms with Gasteiger partial charge in [-0.25, -0.2) is 15.0 Å². The Labute approximate surface area is 302 Å². The minimum atomic E-state index is 0.632. The van der Waals surface area contributed by atoms with Crippen molar-refractivity contribution < 1.29 is 0 Å². The van der Waals surface area contributed by atoms with Crippen molar-refractivity contribution in [2.24, 2.45) is 0 Å². The maximum absolute atomic E-state index is 5.11. The second-order valence-corrected chi connectivity index (χ2v) is 13.5. The SMILES string of the molecule is C1=Cc2ccc(-c3nc(-c4ccccc4)nc(-c4ccc(-c5ccccc5)cc4)n3)cc2-c2ccccc2Sc2ccccc2-c2ccccc21. The van der Waals surface area contributed by atoms with Gasteiger partial charge >= 0.3 is 0 Å². The molecule has 51 heavy (non-hydrogen) atoms. The number of hydrogen-bond acceptors (Lipinski definition) is 4. The fourth-order valence-electron chi connectivity index (χ4n) is 6.61.